The van der Waals surface area contributed by atoms with Gasteiger partial charge in [-0.3, -0.25) is 9.59 Å². The van der Waals surface area contributed by atoms with Crippen LogP contribution in [0.1, 0.15) is 19.3 Å². The Morgan fingerprint density at radius 2 is 1.86 bits per heavy atom. The van der Waals surface area contributed by atoms with Crippen molar-refractivity contribution in [2.24, 2.45) is 22.2 Å². The predicted molar refractivity (Wildman–Crippen MR) is 68.5 cm³/mol. The maximum absolute atomic E-state index is 12.1. The second-order valence-corrected chi connectivity index (χ2v) is 4.97. The van der Waals surface area contributed by atoms with Crippen LogP contribution < -0.4 is 17.2 Å². The number of rotatable bonds is 3. The molecule has 2 rings (SSSR count). The summed E-state index contributed by atoms with van der Waals surface area (Å²) in [5.74, 6) is -6.22. The van der Waals surface area contributed by atoms with E-state index in [-0.39, 0.29) is 13.0 Å². The minimum Gasteiger partial charge on any atom is -0.451 e. The maximum atomic E-state index is 12.1. The van der Waals surface area contributed by atoms with Gasteiger partial charge >= 0.3 is 23.8 Å². The lowest BCUT2D eigenvalue weighted by Gasteiger charge is -2.35. The third-order valence-corrected chi connectivity index (χ3v) is 3.15. The van der Waals surface area contributed by atoms with Gasteiger partial charge in [-0.2, -0.15) is 4.99 Å². The number of guanidine groups is 1. The lowest BCUT2D eigenvalue weighted by Crippen LogP contribution is -2.55. The van der Waals surface area contributed by atoms with Gasteiger partial charge in [0, 0.05) is 6.42 Å². The van der Waals surface area contributed by atoms with Crippen LogP contribution in [0.5, 0.6) is 0 Å². The first-order valence-corrected chi connectivity index (χ1v) is 6.39. The van der Waals surface area contributed by atoms with E-state index in [0.29, 0.717) is 0 Å². The molecule has 3 unspecified atom stereocenters. The Hall–Kier alpha value is -2.40. The normalized spacial score (nSPS) is 34.6. The van der Waals surface area contributed by atoms with Crippen molar-refractivity contribution in [3.8, 4) is 0 Å². The Balaban J connectivity index is 2.59. The number of esters is 3. The first kappa shape index (κ1) is 16.0. The Morgan fingerprint density at radius 3 is 2.45 bits per heavy atom. The molecule has 2 aliphatic rings. The molecule has 22 heavy (non-hydrogen) atoms. The van der Waals surface area contributed by atoms with E-state index >= 15 is 0 Å². The molecular weight excluding hydrogens is 300 g/mol. The third kappa shape index (κ3) is 2.80. The first-order valence-electron chi connectivity index (χ1n) is 6.39. The zero-order chi connectivity index (χ0) is 16.5. The van der Waals surface area contributed by atoms with E-state index in [1.807, 2.05) is 0 Å². The molecule has 2 bridgehead atoms. The lowest BCUT2D eigenvalue weighted by atomic mass is 9.95. The quantitative estimate of drug-likeness (QED) is 0.234. The van der Waals surface area contributed by atoms with Crippen molar-refractivity contribution >= 4 is 23.9 Å². The average molecular weight is 316 g/mol. The molecule has 2 saturated heterocycles. The van der Waals surface area contributed by atoms with Gasteiger partial charge in [-0.05, 0) is 6.54 Å². The summed E-state index contributed by atoms with van der Waals surface area (Å²) in [6.45, 7) is -0.000931. The van der Waals surface area contributed by atoms with Gasteiger partial charge in [0.05, 0.1) is 12.8 Å². The molecule has 2 fully saturated rings. The van der Waals surface area contributed by atoms with E-state index in [1.165, 1.54) is 0 Å². The predicted octanol–water partition coefficient (Wildman–Crippen LogP) is -3.20. The fraction of sp³-hybridized carbons (Fsp3) is 0.636. The van der Waals surface area contributed by atoms with Gasteiger partial charge in [-0.25, -0.2) is 4.79 Å². The highest BCUT2D eigenvalue weighted by Crippen LogP contribution is 2.36. The number of fused-ring (bicyclic) bond motifs is 3. The number of carbonyl (C=O) groups is 3. The number of carbonyl (C=O) groups excluding carboxylic acids is 3. The Bertz CT molecular complexity index is 547. The van der Waals surface area contributed by atoms with Crippen LogP contribution in [0.3, 0.4) is 0 Å². The molecule has 3 atom stereocenters. The number of aliphatic imine (C=N–C) groups is 1. The van der Waals surface area contributed by atoms with Crippen LogP contribution in [0.25, 0.3) is 0 Å². The minimum absolute atomic E-state index is 0.000931. The summed E-state index contributed by atoms with van der Waals surface area (Å²) in [6, 6.07) is 0. The molecule has 0 aromatic rings. The molecule has 0 aromatic heterocycles. The highest BCUT2D eigenvalue weighted by molar-refractivity contribution is 5.92. The molecule has 2 heterocycles. The van der Waals surface area contributed by atoms with Crippen LogP contribution in [0.15, 0.2) is 4.99 Å². The molecule has 0 aromatic carbocycles. The van der Waals surface area contributed by atoms with Crippen LogP contribution in [0.2, 0.25) is 0 Å². The van der Waals surface area contributed by atoms with Crippen LogP contribution in [0.4, 0.5) is 0 Å². The van der Waals surface area contributed by atoms with Crippen molar-refractivity contribution in [2.45, 2.75) is 36.9 Å². The molecule has 7 N–H and O–H groups in total. The minimum atomic E-state index is -2.41. The summed E-state index contributed by atoms with van der Waals surface area (Å²) < 4.78 is 15.0. The second kappa shape index (κ2) is 5.42. The molecule has 0 amide bonds. The lowest BCUT2D eigenvalue weighted by molar-refractivity contribution is -0.266. The third-order valence-electron chi connectivity index (χ3n) is 3.15. The number of nitrogens with two attached hydrogens (primary N) is 3. The summed E-state index contributed by atoms with van der Waals surface area (Å²) >= 11 is 0. The highest BCUT2D eigenvalue weighted by Gasteiger charge is 2.59. The summed E-state index contributed by atoms with van der Waals surface area (Å²) in [7, 11) is 0. The molecular formula is C11H16N4O7. The Kier molecular flexibility index (Phi) is 3.94. The van der Waals surface area contributed by atoms with Gasteiger partial charge in [-0.15, -0.1) is 0 Å². The molecule has 0 saturated carbocycles. The van der Waals surface area contributed by atoms with E-state index in [9.17, 15) is 19.5 Å². The van der Waals surface area contributed by atoms with Crippen molar-refractivity contribution in [1.82, 2.24) is 0 Å². The molecule has 0 radical (unpaired) electrons. The van der Waals surface area contributed by atoms with Gasteiger partial charge in [0.2, 0.25) is 6.10 Å². The standard InChI is InChI=1S/C11H16N4O7/c12-2-1-5-11(15-9(13)14)21-7(17)4-10(19,8(18)22-11)3-6(16)20-5/h5,19H,1-4,12H2,(H4,13,14,15). The maximum Gasteiger partial charge on any atom is 0.402 e. The molecule has 11 heteroatoms. The zero-order valence-corrected chi connectivity index (χ0v) is 11.5. The highest BCUT2D eigenvalue weighted by atomic mass is 16.8. The summed E-state index contributed by atoms with van der Waals surface area (Å²) in [4.78, 5) is 39.4. The van der Waals surface area contributed by atoms with Crippen LogP contribution in [-0.2, 0) is 28.6 Å². The number of nitrogens with zero attached hydrogens (tertiary/aromatic N) is 1. The van der Waals surface area contributed by atoms with Gasteiger partial charge in [0.1, 0.15) is 0 Å². The first-order chi connectivity index (χ1) is 10.2. The number of ether oxygens (including phenoxy) is 3. The Morgan fingerprint density at radius 1 is 1.23 bits per heavy atom. The summed E-state index contributed by atoms with van der Waals surface area (Å²) in [6.07, 6.45) is -2.96. The molecule has 2 aliphatic heterocycles. The molecule has 122 valence electrons. The van der Waals surface area contributed by atoms with E-state index in [2.05, 4.69) is 4.99 Å². The smallest absolute Gasteiger partial charge is 0.402 e. The van der Waals surface area contributed by atoms with Gasteiger partial charge in [-0.1, -0.05) is 0 Å². The van der Waals surface area contributed by atoms with Crippen molar-refractivity contribution in [2.75, 3.05) is 6.54 Å². The van der Waals surface area contributed by atoms with Crippen molar-refractivity contribution < 1.29 is 33.7 Å². The monoisotopic (exact) mass is 316 g/mol. The van der Waals surface area contributed by atoms with Crippen molar-refractivity contribution in [3.63, 3.8) is 0 Å². The van der Waals surface area contributed by atoms with E-state index in [1.54, 1.807) is 0 Å². The van der Waals surface area contributed by atoms with Crippen LogP contribution >= 0.6 is 0 Å². The Labute approximate surface area is 124 Å². The number of hydrogen-bond acceptors (Lipinski definition) is 9. The fourth-order valence-corrected chi connectivity index (χ4v) is 2.23. The second-order valence-electron chi connectivity index (χ2n) is 4.97. The number of aliphatic hydroxyl groups is 1. The number of cyclic esters (lactones) is 1. The van der Waals surface area contributed by atoms with Crippen LogP contribution in [0, 0.1) is 0 Å². The molecule has 0 spiro atoms. The summed E-state index contributed by atoms with van der Waals surface area (Å²) in [5, 5.41) is 10.2. The van der Waals surface area contributed by atoms with E-state index < -0.39 is 54.3 Å². The van der Waals surface area contributed by atoms with Crippen LogP contribution in [-0.4, -0.2) is 53.1 Å². The SMILES string of the molecule is NCCC1OC(=O)CC2(O)CC(=O)OC1(N=C(N)N)OC2=O. The zero-order valence-electron chi connectivity index (χ0n) is 11.5. The molecule has 11 nitrogen and oxygen atoms in total. The van der Waals surface area contributed by atoms with Crippen molar-refractivity contribution in [3.05, 3.63) is 0 Å². The van der Waals surface area contributed by atoms with E-state index in [4.69, 9.17) is 31.4 Å². The molecule has 0 aliphatic carbocycles. The summed E-state index contributed by atoms with van der Waals surface area (Å²) in [5.41, 5.74) is 13.6. The van der Waals surface area contributed by atoms with E-state index in [0.717, 1.165) is 0 Å². The van der Waals surface area contributed by atoms with Gasteiger partial charge < -0.3 is 36.5 Å². The largest absolute Gasteiger partial charge is 0.451 e. The number of hydrogen-bond donors (Lipinski definition) is 4. The van der Waals surface area contributed by atoms with Crippen molar-refractivity contribution in [1.29, 1.82) is 0 Å². The average Bonchev–Trinajstić information content (AvgIpc) is 2.41. The fourth-order valence-electron chi connectivity index (χ4n) is 2.23. The van der Waals surface area contributed by atoms with Gasteiger partial charge in [0.25, 0.3) is 0 Å². The topological polar surface area (TPSA) is 190 Å². The van der Waals surface area contributed by atoms with Gasteiger partial charge in [0.15, 0.2) is 11.6 Å².